The summed E-state index contributed by atoms with van der Waals surface area (Å²) in [6.45, 7) is 3.91. The SMILES string of the molecule is Cc1ccc(/C(C#N)=C/c2ccc(C)o2)cc1. The molecule has 0 unspecified atom stereocenters. The number of hydrogen-bond donors (Lipinski definition) is 0. The van der Waals surface area contributed by atoms with Crippen molar-refractivity contribution in [3.05, 3.63) is 59.0 Å². The van der Waals surface area contributed by atoms with Gasteiger partial charge in [0, 0.05) is 0 Å². The number of hydrogen-bond acceptors (Lipinski definition) is 2. The highest BCUT2D eigenvalue weighted by Gasteiger charge is 2.02. The van der Waals surface area contributed by atoms with E-state index >= 15 is 0 Å². The number of furan rings is 1. The minimum Gasteiger partial charge on any atom is -0.462 e. The summed E-state index contributed by atoms with van der Waals surface area (Å²) in [5.74, 6) is 1.55. The van der Waals surface area contributed by atoms with Crippen LogP contribution >= 0.6 is 0 Å². The third-order valence-electron chi connectivity index (χ3n) is 2.53. The zero-order valence-electron chi connectivity index (χ0n) is 9.90. The molecule has 2 aromatic rings. The van der Waals surface area contributed by atoms with Gasteiger partial charge < -0.3 is 4.42 Å². The molecule has 1 aromatic carbocycles. The first-order valence-corrected chi connectivity index (χ1v) is 5.44. The number of allylic oxidation sites excluding steroid dienone is 1. The summed E-state index contributed by atoms with van der Waals surface area (Å²) >= 11 is 0. The molecule has 0 amide bonds. The standard InChI is InChI=1S/C15H13NO/c1-11-3-6-13(7-4-11)14(10-16)9-15-8-5-12(2)17-15/h3-9H,1-2H3/b14-9+. The van der Waals surface area contributed by atoms with Crippen molar-refractivity contribution in [1.29, 1.82) is 5.26 Å². The number of nitrogens with zero attached hydrogens (tertiary/aromatic N) is 1. The maximum absolute atomic E-state index is 9.16. The first kappa shape index (κ1) is 11.2. The third kappa shape index (κ3) is 2.64. The monoisotopic (exact) mass is 223 g/mol. The molecule has 2 heteroatoms. The molecule has 0 saturated carbocycles. The van der Waals surface area contributed by atoms with Crippen LogP contribution in [0.2, 0.25) is 0 Å². The van der Waals surface area contributed by atoms with E-state index in [2.05, 4.69) is 6.07 Å². The van der Waals surface area contributed by atoms with Crippen molar-refractivity contribution in [1.82, 2.24) is 0 Å². The normalized spacial score (nSPS) is 11.2. The number of nitriles is 1. The van der Waals surface area contributed by atoms with Crippen LogP contribution in [0.25, 0.3) is 11.6 Å². The first-order valence-electron chi connectivity index (χ1n) is 5.44. The molecular weight excluding hydrogens is 210 g/mol. The second-order valence-corrected chi connectivity index (χ2v) is 3.98. The maximum Gasteiger partial charge on any atom is 0.128 e. The molecule has 17 heavy (non-hydrogen) atoms. The topological polar surface area (TPSA) is 36.9 Å². The summed E-state index contributed by atoms with van der Waals surface area (Å²) in [6.07, 6.45) is 1.76. The van der Waals surface area contributed by atoms with E-state index in [0.717, 1.165) is 11.3 Å². The lowest BCUT2D eigenvalue weighted by Crippen LogP contribution is -1.81. The molecule has 0 spiro atoms. The summed E-state index contributed by atoms with van der Waals surface area (Å²) in [5, 5.41) is 9.16. The average molecular weight is 223 g/mol. The predicted molar refractivity (Wildman–Crippen MR) is 68.1 cm³/mol. The fraction of sp³-hybridized carbons (Fsp3) is 0.133. The van der Waals surface area contributed by atoms with Gasteiger partial charge in [0.1, 0.15) is 11.5 Å². The minimum atomic E-state index is 0.611. The molecule has 0 fully saturated rings. The fourth-order valence-corrected chi connectivity index (χ4v) is 1.59. The summed E-state index contributed by atoms with van der Waals surface area (Å²) in [7, 11) is 0. The van der Waals surface area contributed by atoms with Gasteiger partial charge in [0.15, 0.2) is 0 Å². The van der Waals surface area contributed by atoms with Gasteiger partial charge in [-0.15, -0.1) is 0 Å². The molecule has 1 aromatic heterocycles. The Bertz CT molecular complexity index is 582. The lowest BCUT2D eigenvalue weighted by atomic mass is 10.0. The Kier molecular flexibility index (Phi) is 3.11. The van der Waals surface area contributed by atoms with Crippen LogP contribution in [0.5, 0.6) is 0 Å². The quantitative estimate of drug-likeness (QED) is 0.722. The zero-order chi connectivity index (χ0) is 12.3. The lowest BCUT2D eigenvalue weighted by Gasteiger charge is -1.99. The molecule has 0 aliphatic heterocycles. The predicted octanol–water partition coefficient (Wildman–Crippen LogP) is 3.96. The van der Waals surface area contributed by atoms with Crippen molar-refractivity contribution in [2.24, 2.45) is 0 Å². The molecule has 0 aliphatic carbocycles. The molecule has 0 bridgehead atoms. The van der Waals surface area contributed by atoms with E-state index in [1.165, 1.54) is 5.56 Å². The highest BCUT2D eigenvalue weighted by molar-refractivity contribution is 5.88. The number of aryl methyl sites for hydroxylation is 2. The van der Waals surface area contributed by atoms with Crippen LogP contribution in [0, 0.1) is 25.2 Å². The molecule has 0 aliphatic rings. The molecule has 0 radical (unpaired) electrons. The Morgan fingerprint density at radius 3 is 2.35 bits per heavy atom. The highest BCUT2D eigenvalue weighted by Crippen LogP contribution is 2.19. The van der Waals surface area contributed by atoms with Crippen LogP contribution in [-0.2, 0) is 0 Å². The molecule has 84 valence electrons. The van der Waals surface area contributed by atoms with Crippen molar-refractivity contribution in [2.75, 3.05) is 0 Å². The zero-order valence-corrected chi connectivity index (χ0v) is 9.90. The van der Waals surface area contributed by atoms with Crippen molar-refractivity contribution < 1.29 is 4.42 Å². The molecule has 2 rings (SSSR count). The lowest BCUT2D eigenvalue weighted by molar-refractivity contribution is 0.525. The van der Waals surface area contributed by atoms with E-state index in [4.69, 9.17) is 9.68 Å². The maximum atomic E-state index is 9.16. The Labute approximate surface area is 101 Å². The largest absolute Gasteiger partial charge is 0.462 e. The molecule has 0 N–H and O–H groups in total. The van der Waals surface area contributed by atoms with E-state index in [1.54, 1.807) is 6.08 Å². The van der Waals surface area contributed by atoms with E-state index in [0.29, 0.717) is 11.3 Å². The van der Waals surface area contributed by atoms with Crippen LogP contribution < -0.4 is 0 Å². The van der Waals surface area contributed by atoms with Gasteiger partial charge in [-0.25, -0.2) is 0 Å². The smallest absolute Gasteiger partial charge is 0.128 e. The van der Waals surface area contributed by atoms with Gasteiger partial charge in [-0.3, -0.25) is 0 Å². The van der Waals surface area contributed by atoms with Crippen LogP contribution in [0.4, 0.5) is 0 Å². The van der Waals surface area contributed by atoms with Gasteiger partial charge in [-0.05, 0) is 37.6 Å². The fourth-order valence-electron chi connectivity index (χ4n) is 1.59. The number of rotatable bonds is 2. The molecule has 0 atom stereocenters. The summed E-state index contributed by atoms with van der Waals surface area (Å²) in [6, 6.07) is 13.8. The molecule has 2 nitrogen and oxygen atoms in total. The van der Waals surface area contributed by atoms with Crippen molar-refractivity contribution in [2.45, 2.75) is 13.8 Å². The molecular formula is C15H13NO. The Morgan fingerprint density at radius 1 is 1.12 bits per heavy atom. The van der Waals surface area contributed by atoms with Gasteiger partial charge in [-0.1, -0.05) is 29.8 Å². The van der Waals surface area contributed by atoms with Crippen LogP contribution in [0.3, 0.4) is 0 Å². The summed E-state index contributed by atoms with van der Waals surface area (Å²) in [4.78, 5) is 0. The Hall–Kier alpha value is -2.27. The summed E-state index contributed by atoms with van der Waals surface area (Å²) < 4.78 is 5.43. The number of benzene rings is 1. The molecule has 0 saturated heterocycles. The third-order valence-corrected chi connectivity index (χ3v) is 2.53. The van der Waals surface area contributed by atoms with E-state index in [1.807, 2.05) is 50.2 Å². The van der Waals surface area contributed by atoms with Gasteiger partial charge >= 0.3 is 0 Å². The van der Waals surface area contributed by atoms with Crippen LogP contribution in [0.1, 0.15) is 22.6 Å². The van der Waals surface area contributed by atoms with Gasteiger partial charge in [0.25, 0.3) is 0 Å². The summed E-state index contributed by atoms with van der Waals surface area (Å²) in [5.41, 5.74) is 2.70. The van der Waals surface area contributed by atoms with E-state index in [-0.39, 0.29) is 0 Å². The van der Waals surface area contributed by atoms with Gasteiger partial charge in [0.05, 0.1) is 11.6 Å². The van der Waals surface area contributed by atoms with Gasteiger partial charge in [0.2, 0.25) is 0 Å². The van der Waals surface area contributed by atoms with Gasteiger partial charge in [-0.2, -0.15) is 5.26 Å². The average Bonchev–Trinajstić information content (AvgIpc) is 2.73. The Morgan fingerprint density at radius 2 is 1.82 bits per heavy atom. The van der Waals surface area contributed by atoms with Crippen molar-refractivity contribution in [3.8, 4) is 6.07 Å². The van der Waals surface area contributed by atoms with Crippen molar-refractivity contribution >= 4 is 11.6 Å². The van der Waals surface area contributed by atoms with Crippen LogP contribution in [-0.4, -0.2) is 0 Å². The van der Waals surface area contributed by atoms with Crippen molar-refractivity contribution in [3.63, 3.8) is 0 Å². The highest BCUT2D eigenvalue weighted by atomic mass is 16.3. The van der Waals surface area contributed by atoms with E-state index < -0.39 is 0 Å². The minimum absolute atomic E-state index is 0.611. The second kappa shape index (κ2) is 4.71. The van der Waals surface area contributed by atoms with Crippen LogP contribution in [0.15, 0.2) is 40.8 Å². The molecule has 1 heterocycles. The first-order chi connectivity index (χ1) is 8.19. The van der Waals surface area contributed by atoms with E-state index in [9.17, 15) is 0 Å². The second-order valence-electron chi connectivity index (χ2n) is 3.98. The Balaban J connectivity index is 2.37.